The molecule has 2 aromatic carbocycles. The Morgan fingerprint density at radius 1 is 1.23 bits per heavy atom. The lowest BCUT2D eigenvalue weighted by atomic mass is 9.81. The summed E-state index contributed by atoms with van der Waals surface area (Å²) in [5, 5.41) is 12.1. The number of ether oxygens (including phenoxy) is 1. The van der Waals surface area contributed by atoms with Gasteiger partial charge in [-0.2, -0.15) is 0 Å². The van der Waals surface area contributed by atoms with Crippen LogP contribution in [0, 0.1) is 5.92 Å². The molecule has 1 fully saturated rings. The Morgan fingerprint density at radius 2 is 2.00 bits per heavy atom. The Labute approximate surface area is 161 Å². The summed E-state index contributed by atoms with van der Waals surface area (Å²) in [5.41, 5.74) is 3.50. The van der Waals surface area contributed by atoms with Crippen molar-refractivity contribution in [1.82, 2.24) is 5.01 Å². The summed E-state index contributed by atoms with van der Waals surface area (Å²) < 4.78 is 6.05. The van der Waals surface area contributed by atoms with Gasteiger partial charge in [0.1, 0.15) is 17.6 Å². The van der Waals surface area contributed by atoms with Gasteiger partial charge in [-0.1, -0.05) is 30.3 Å². The highest BCUT2D eigenvalue weighted by Gasteiger charge is 2.33. The number of fused-ring (bicyclic) bond motifs is 1. The number of hydrazine groups is 1. The van der Waals surface area contributed by atoms with Crippen molar-refractivity contribution < 1.29 is 9.84 Å². The van der Waals surface area contributed by atoms with Gasteiger partial charge in [-0.3, -0.25) is 5.84 Å². The topological polar surface area (TPSA) is 58.7 Å². The number of nitrogens with two attached hydrogens (primary N) is 1. The fourth-order valence-corrected chi connectivity index (χ4v) is 4.46. The van der Waals surface area contributed by atoms with E-state index in [0.29, 0.717) is 11.7 Å². The third-order valence-electron chi connectivity index (χ3n) is 5.47. The van der Waals surface area contributed by atoms with Crippen LogP contribution in [0.4, 0.5) is 0 Å². The molecule has 26 heavy (non-hydrogen) atoms. The first-order chi connectivity index (χ1) is 12.1. The van der Waals surface area contributed by atoms with E-state index in [1.54, 1.807) is 0 Å². The number of halogens is 1. The maximum Gasteiger partial charge on any atom is 0.126 e. The predicted octanol–water partition coefficient (Wildman–Crippen LogP) is 4.01. The fraction of sp³-hybridized carbons (Fsp3) is 0.429. The van der Waals surface area contributed by atoms with Crippen molar-refractivity contribution in [3.63, 3.8) is 0 Å². The minimum atomic E-state index is 0. The second kappa shape index (κ2) is 7.87. The summed E-state index contributed by atoms with van der Waals surface area (Å²) in [7, 11) is 0. The van der Waals surface area contributed by atoms with E-state index < -0.39 is 0 Å². The zero-order valence-electron chi connectivity index (χ0n) is 15.1. The van der Waals surface area contributed by atoms with Crippen LogP contribution >= 0.6 is 12.4 Å². The number of hydrogen-bond acceptors (Lipinski definition) is 4. The molecule has 2 aliphatic rings. The standard InChI is InChI=1S/C21H26N2O2.ClH/c1-14-10-17-12-19(24)13-18(21(17)25-14)11-16-8-5-9-23(22)20(16)15-6-3-2-4-7-15;/h2-4,6-7,12-14,16,20,24H,5,8-11,22H2,1H3;1H/t14?,16-,20+;/m0./s1. The molecule has 1 saturated heterocycles. The van der Waals surface area contributed by atoms with Crippen molar-refractivity contribution in [2.24, 2.45) is 11.8 Å². The summed E-state index contributed by atoms with van der Waals surface area (Å²) in [6, 6.07) is 14.4. The number of nitrogens with zero attached hydrogens (tertiary/aromatic N) is 1. The average molecular weight is 375 g/mol. The third kappa shape index (κ3) is 3.68. The van der Waals surface area contributed by atoms with Crippen molar-refractivity contribution in [3.05, 3.63) is 59.2 Å². The Balaban J connectivity index is 0.00000196. The molecule has 0 aliphatic carbocycles. The predicted molar refractivity (Wildman–Crippen MR) is 106 cm³/mol. The zero-order valence-corrected chi connectivity index (χ0v) is 15.9. The summed E-state index contributed by atoms with van der Waals surface area (Å²) in [6.45, 7) is 3.00. The maximum atomic E-state index is 10.1. The molecule has 0 spiro atoms. The summed E-state index contributed by atoms with van der Waals surface area (Å²) >= 11 is 0. The molecule has 2 aliphatic heterocycles. The normalized spacial score (nSPS) is 25.2. The Morgan fingerprint density at radius 3 is 2.77 bits per heavy atom. The quantitative estimate of drug-likeness (QED) is 0.797. The van der Waals surface area contributed by atoms with E-state index in [0.717, 1.165) is 49.1 Å². The SMILES string of the molecule is CC1Cc2cc(O)cc(C[C@@H]3CCCN(N)[C@@H]3c3ccccc3)c2O1.Cl. The summed E-state index contributed by atoms with van der Waals surface area (Å²) in [5.74, 6) is 8.10. The zero-order chi connectivity index (χ0) is 17.4. The molecule has 3 N–H and O–H groups in total. The highest BCUT2D eigenvalue weighted by atomic mass is 35.5. The maximum absolute atomic E-state index is 10.1. The molecule has 0 bridgehead atoms. The number of hydrogen-bond donors (Lipinski definition) is 2. The van der Waals surface area contributed by atoms with Crippen LogP contribution in [0.3, 0.4) is 0 Å². The van der Waals surface area contributed by atoms with Gasteiger partial charge < -0.3 is 9.84 Å². The van der Waals surface area contributed by atoms with Gasteiger partial charge in [-0.15, -0.1) is 12.4 Å². The molecule has 0 amide bonds. The molecular weight excluding hydrogens is 348 g/mol. The first-order valence-electron chi connectivity index (χ1n) is 9.19. The van der Waals surface area contributed by atoms with E-state index >= 15 is 0 Å². The van der Waals surface area contributed by atoms with Crippen molar-refractivity contribution in [2.45, 2.75) is 44.8 Å². The highest BCUT2D eigenvalue weighted by molar-refractivity contribution is 5.85. The molecule has 2 aromatic rings. The molecule has 0 aromatic heterocycles. The average Bonchev–Trinajstić information content (AvgIpc) is 2.96. The first kappa shape index (κ1) is 19.0. The largest absolute Gasteiger partial charge is 0.508 e. The van der Waals surface area contributed by atoms with E-state index in [2.05, 4.69) is 31.2 Å². The van der Waals surface area contributed by atoms with E-state index in [1.165, 1.54) is 5.56 Å². The number of benzene rings is 2. The lowest BCUT2D eigenvalue weighted by Crippen LogP contribution is -2.44. The second-order valence-electron chi connectivity index (χ2n) is 7.43. The van der Waals surface area contributed by atoms with Crippen LogP contribution in [0.5, 0.6) is 11.5 Å². The summed E-state index contributed by atoms with van der Waals surface area (Å²) in [6.07, 6.45) is 4.15. The lowest BCUT2D eigenvalue weighted by molar-refractivity contribution is 0.0920. The number of rotatable bonds is 3. The molecule has 0 radical (unpaired) electrons. The van der Waals surface area contributed by atoms with Gasteiger partial charge in [0.15, 0.2) is 0 Å². The van der Waals surface area contributed by atoms with Crippen LogP contribution < -0.4 is 10.6 Å². The number of piperidine rings is 1. The number of phenols is 1. The van der Waals surface area contributed by atoms with Gasteiger partial charge in [-0.05, 0) is 55.4 Å². The Bertz CT molecular complexity index is 753. The Hall–Kier alpha value is -1.75. The Kier molecular flexibility index (Phi) is 5.76. The smallest absolute Gasteiger partial charge is 0.126 e. The molecule has 2 heterocycles. The van der Waals surface area contributed by atoms with Crippen molar-refractivity contribution in [2.75, 3.05) is 6.54 Å². The minimum Gasteiger partial charge on any atom is -0.508 e. The molecule has 1 unspecified atom stereocenters. The van der Waals surface area contributed by atoms with Gasteiger partial charge >= 0.3 is 0 Å². The van der Waals surface area contributed by atoms with Crippen molar-refractivity contribution >= 4 is 12.4 Å². The fourth-order valence-electron chi connectivity index (χ4n) is 4.46. The monoisotopic (exact) mass is 374 g/mol. The molecular formula is C21H27ClN2O2. The van der Waals surface area contributed by atoms with E-state index in [9.17, 15) is 5.11 Å². The molecule has 4 rings (SSSR count). The molecule has 5 heteroatoms. The van der Waals surface area contributed by atoms with E-state index in [4.69, 9.17) is 10.6 Å². The van der Waals surface area contributed by atoms with Crippen LogP contribution in [0.15, 0.2) is 42.5 Å². The molecule has 0 saturated carbocycles. The van der Waals surface area contributed by atoms with Crippen LogP contribution in [0.2, 0.25) is 0 Å². The van der Waals surface area contributed by atoms with Crippen molar-refractivity contribution in [1.29, 1.82) is 0 Å². The van der Waals surface area contributed by atoms with E-state index in [1.807, 2.05) is 23.2 Å². The number of phenolic OH excluding ortho intramolecular Hbond substituents is 1. The first-order valence-corrected chi connectivity index (χ1v) is 9.19. The lowest BCUT2D eigenvalue weighted by Gasteiger charge is -2.39. The van der Waals surface area contributed by atoms with E-state index in [-0.39, 0.29) is 24.6 Å². The second-order valence-corrected chi connectivity index (χ2v) is 7.43. The van der Waals surface area contributed by atoms with Crippen LogP contribution in [-0.2, 0) is 12.8 Å². The third-order valence-corrected chi connectivity index (χ3v) is 5.47. The summed E-state index contributed by atoms with van der Waals surface area (Å²) in [4.78, 5) is 0. The minimum absolute atomic E-state index is 0. The molecule has 4 nitrogen and oxygen atoms in total. The van der Waals surface area contributed by atoms with Crippen LogP contribution in [0.25, 0.3) is 0 Å². The molecule has 3 atom stereocenters. The van der Waals surface area contributed by atoms with Gasteiger partial charge in [0.25, 0.3) is 0 Å². The van der Waals surface area contributed by atoms with Gasteiger partial charge in [0.2, 0.25) is 0 Å². The van der Waals surface area contributed by atoms with Crippen molar-refractivity contribution in [3.8, 4) is 11.5 Å². The van der Waals surface area contributed by atoms with Gasteiger partial charge in [-0.25, -0.2) is 5.01 Å². The van der Waals surface area contributed by atoms with Crippen LogP contribution in [-0.4, -0.2) is 22.8 Å². The number of aromatic hydroxyl groups is 1. The van der Waals surface area contributed by atoms with Crippen LogP contribution in [0.1, 0.15) is 42.5 Å². The molecule has 140 valence electrons. The highest BCUT2D eigenvalue weighted by Crippen LogP contribution is 2.41. The van der Waals surface area contributed by atoms with Gasteiger partial charge in [0.05, 0.1) is 6.04 Å². The van der Waals surface area contributed by atoms with Gasteiger partial charge in [0, 0.05) is 18.5 Å².